The van der Waals surface area contributed by atoms with Gasteiger partial charge in [-0.25, -0.2) is 0 Å². The molecule has 0 spiro atoms. The fourth-order valence-corrected chi connectivity index (χ4v) is 2.22. The third-order valence-electron chi connectivity index (χ3n) is 3.35. The van der Waals surface area contributed by atoms with Crippen LogP contribution < -0.4 is 10.6 Å². The third-order valence-corrected chi connectivity index (χ3v) is 3.35. The van der Waals surface area contributed by atoms with E-state index in [1.807, 2.05) is 0 Å². The van der Waals surface area contributed by atoms with Gasteiger partial charge in [-0.05, 0) is 24.5 Å². The van der Waals surface area contributed by atoms with Crippen LogP contribution in [0.4, 0.5) is 5.69 Å². The van der Waals surface area contributed by atoms with E-state index in [4.69, 9.17) is 10.5 Å². The van der Waals surface area contributed by atoms with Gasteiger partial charge in [-0.15, -0.1) is 0 Å². The average Bonchev–Trinajstić information content (AvgIpc) is 2.40. The zero-order chi connectivity index (χ0) is 12.1. The number of anilines is 1. The molecule has 17 heavy (non-hydrogen) atoms. The molecule has 0 aromatic heterocycles. The maximum atomic E-state index is 6.06. The maximum absolute atomic E-state index is 6.06. The molecule has 2 N–H and O–H groups in total. The zero-order valence-electron chi connectivity index (χ0n) is 10.6. The first-order valence-electron chi connectivity index (χ1n) is 6.47. The van der Waals surface area contributed by atoms with Gasteiger partial charge in [0.25, 0.3) is 0 Å². The van der Waals surface area contributed by atoms with Crippen LogP contribution >= 0.6 is 0 Å². The standard InChI is InChI=1S/C14H22N2O/c1-2-13(15)11-12-5-3-4-6-14(12)16-7-9-17-10-8-16/h3-6,13H,2,7-11,15H2,1H3. The van der Waals surface area contributed by atoms with Gasteiger partial charge in [0.05, 0.1) is 13.2 Å². The number of benzene rings is 1. The van der Waals surface area contributed by atoms with Crippen molar-refractivity contribution < 1.29 is 4.74 Å². The highest BCUT2D eigenvalue weighted by molar-refractivity contribution is 5.54. The monoisotopic (exact) mass is 234 g/mol. The Balaban J connectivity index is 2.14. The Hall–Kier alpha value is -1.06. The summed E-state index contributed by atoms with van der Waals surface area (Å²) in [5, 5.41) is 0. The van der Waals surface area contributed by atoms with Gasteiger partial charge in [0.1, 0.15) is 0 Å². The quantitative estimate of drug-likeness (QED) is 0.863. The van der Waals surface area contributed by atoms with Gasteiger partial charge in [-0.1, -0.05) is 25.1 Å². The van der Waals surface area contributed by atoms with Gasteiger partial charge in [-0.2, -0.15) is 0 Å². The molecule has 0 amide bonds. The predicted octanol–water partition coefficient (Wildman–Crippen LogP) is 1.80. The Morgan fingerprint density at radius 1 is 1.29 bits per heavy atom. The largest absolute Gasteiger partial charge is 0.378 e. The highest BCUT2D eigenvalue weighted by Gasteiger charge is 2.15. The minimum Gasteiger partial charge on any atom is -0.378 e. The first-order chi connectivity index (χ1) is 8.31. The van der Waals surface area contributed by atoms with Crippen molar-refractivity contribution in [1.82, 2.24) is 0 Å². The average molecular weight is 234 g/mol. The van der Waals surface area contributed by atoms with Gasteiger partial charge in [0.2, 0.25) is 0 Å². The number of morpholine rings is 1. The molecule has 1 aliphatic heterocycles. The summed E-state index contributed by atoms with van der Waals surface area (Å²) in [6.45, 7) is 5.76. The van der Waals surface area contributed by atoms with Crippen LogP contribution in [-0.2, 0) is 11.2 Å². The van der Waals surface area contributed by atoms with E-state index in [1.165, 1.54) is 11.3 Å². The molecule has 1 atom stereocenters. The molecule has 1 heterocycles. The van der Waals surface area contributed by atoms with Crippen LogP contribution in [0.25, 0.3) is 0 Å². The minimum absolute atomic E-state index is 0.261. The van der Waals surface area contributed by atoms with E-state index in [0.717, 1.165) is 39.1 Å². The molecule has 0 bridgehead atoms. The lowest BCUT2D eigenvalue weighted by atomic mass is 10.0. The van der Waals surface area contributed by atoms with Gasteiger partial charge < -0.3 is 15.4 Å². The van der Waals surface area contributed by atoms with Crippen molar-refractivity contribution in [3.63, 3.8) is 0 Å². The lowest BCUT2D eigenvalue weighted by Crippen LogP contribution is -2.37. The zero-order valence-corrected chi connectivity index (χ0v) is 10.6. The van der Waals surface area contributed by atoms with E-state index in [1.54, 1.807) is 0 Å². The molecule has 1 aromatic rings. The highest BCUT2D eigenvalue weighted by Crippen LogP contribution is 2.22. The van der Waals surface area contributed by atoms with E-state index in [2.05, 4.69) is 36.1 Å². The Morgan fingerprint density at radius 2 is 2.00 bits per heavy atom. The third kappa shape index (κ3) is 3.20. The number of nitrogens with two attached hydrogens (primary N) is 1. The van der Waals surface area contributed by atoms with Gasteiger partial charge in [0.15, 0.2) is 0 Å². The Labute approximate surface area is 104 Å². The van der Waals surface area contributed by atoms with E-state index in [9.17, 15) is 0 Å². The molecule has 0 radical (unpaired) electrons. The molecule has 1 saturated heterocycles. The molecule has 1 fully saturated rings. The Bertz CT molecular complexity index is 348. The van der Waals surface area contributed by atoms with Crippen molar-refractivity contribution in [3.8, 4) is 0 Å². The van der Waals surface area contributed by atoms with E-state index >= 15 is 0 Å². The summed E-state index contributed by atoms with van der Waals surface area (Å²) >= 11 is 0. The van der Waals surface area contributed by atoms with Crippen LogP contribution in [-0.4, -0.2) is 32.3 Å². The highest BCUT2D eigenvalue weighted by atomic mass is 16.5. The summed E-state index contributed by atoms with van der Waals surface area (Å²) in [6.07, 6.45) is 1.99. The minimum atomic E-state index is 0.261. The fraction of sp³-hybridized carbons (Fsp3) is 0.571. The second kappa shape index (κ2) is 6.03. The van der Waals surface area contributed by atoms with Crippen molar-refractivity contribution in [2.75, 3.05) is 31.2 Å². The molecule has 0 aliphatic carbocycles. The second-order valence-electron chi connectivity index (χ2n) is 4.60. The molecule has 3 nitrogen and oxygen atoms in total. The summed E-state index contributed by atoms with van der Waals surface area (Å²) < 4.78 is 5.40. The van der Waals surface area contributed by atoms with Crippen LogP contribution in [0.15, 0.2) is 24.3 Å². The number of ether oxygens (including phenoxy) is 1. The number of hydrogen-bond acceptors (Lipinski definition) is 3. The number of nitrogens with zero attached hydrogens (tertiary/aromatic N) is 1. The normalized spacial score (nSPS) is 18.1. The van der Waals surface area contributed by atoms with Crippen molar-refractivity contribution in [2.45, 2.75) is 25.8 Å². The Morgan fingerprint density at radius 3 is 2.71 bits per heavy atom. The smallest absolute Gasteiger partial charge is 0.0642 e. The van der Waals surface area contributed by atoms with Crippen molar-refractivity contribution in [2.24, 2.45) is 5.73 Å². The summed E-state index contributed by atoms with van der Waals surface area (Å²) in [6, 6.07) is 8.86. The van der Waals surface area contributed by atoms with Gasteiger partial charge in [0, 0.05) is 24.8 Å². The first-order valence-corrected chi connectivity index (χ1v) is 6.47. The second-order valence-corrected chi connectivity index (χ2v) is 4.60. The summed E-state index contributed by atoms with van der Waals surface area (Å²) in [5.74, 6) is 0. The maximum Gasteiger partial charge on any atom is 0.0642 e. The van der Waals surface area contributed by atoms with Crippen LogP contribution in [0.2, 0.25) is 0 Å². The Kier molecular flexibility index (Phi) is 4.40. The fourth-order valence-electron chi connectivity index (χ4n) is 2.22. The van der Waals surface area contributed by atoms with E-state index in [0.29, 0.717) is 0 Å². The van der Waals surface area contributed by atoms with Gasteiger partial charge in [-0.3, -0.25) is 0 Å². The molecule has 1 aliphatic rings. The molecule has 94 valence electrons. The lowest BCUT2D eigenvalue weighted by Gasteiger charge is -2.31. The van der Waals surface area contributed by atoms with Gasteiger partial charge >= 0.3 is 0 Å². The molecular weight excluding hydrogens is 212 g/mol. The van der Waals surface area contributed by atoms with Crippen LogP contribution in [0.1, 0.15) is 18.9 Å². The van der Waals surface area contributed by atoms with Crippen molar-refractivity contribution >= 4 is 5.69 Å². The topological polar surface area (TPSA) is 38.5 Å². The predicted molar refractivity (Wildman–Crippen MR) is 71.4 cm³/mol. The van der Waals surface area contributed by atoms with Crippen LogP contribution in [0.3, 0.4) is 0 Å². The molecular formula is C14H22N2O. The SMILES string of the molecule is CCC(N)Cc1ccccc1N1CCOCC1. The molecule has 2 rings (SSSR count). The summed E-state index contributed by atoms with van der Waals surface area (Å²) in [5.41, 5.74) is 8.76. The molecule has 1 aromatic carbocycles. The number of hydrogen-bond donors (Lipinski definition) is 1. The number of rotatable bonds is 4. The lowest BCUT2D eigenvalue weighted by molar-refractivity contribution is 0.122. The van der Waals surface area contributed by atoms with Crippen molar-refractivity contribution in [1.29, 1.82) is 0 Å². The van der Waals surface area contributed by atoms with E-state index < -0.39 is 0 Å². The van der Waals surface area contributed by atoms with Crippen molar-refractivity contribution in [3.05, 3.63) is 29.8 Å². The first kappa shape index (κ1) is 12.4. The summed E-state index contributed by atoms with van der Waals surface area (Å²) in [4.78, 5) is 2.40. The number of para-hydroxylation sites is 1. The molecule has 0 saturated carbocycles. The van der Waals surface area contributed by atoms with Crippen LogP contribution in [0.5, 0.6) is 0 Å². The summed E-state index contributed by atoms with van der Waals surface area (Å²) in [7, 11) is 0. The molecule has 3 heteroatoms. The van der Waals surface area contributed by atoms with Crippen LogP contribution in [0, 0.1) is 0 Å². The van der Waals surface area contributed by atoms with E-state index in [-0.39, 0.29) is 6.04 Å². The molecule has 1 unspecified atom stereocenters.